The summed E-state index contributed by atoms with van der Waals surface area (Å²) in [6, 6.07) is 3.88. The van der Waals surface area contributed by atoms with Crippen molar-refractivity contribution in [3.05, 3.63) is 53.4 Å². The molecule has 2 aliphatic heterocycles. The Kier molecular flexibility index (Phi) is 5.74. The Balaban J connectivity index is 1.42. The smallest absolute Gasteiger partial charge is 0.341 e. The highest BCUT2D eigenvalue weighted by Gasteiger charge is 2.33. The van der Waals surface area contributed by atoms with Gasteiger partial charge in [0.1, 0.15) is 17.3 Å². The Bertz CT molecular complexity index is 1000. The first-order valence-corrected chi connectivity index (χ1v) is 9.83. The van der Waals surface area contributed by atoms with Crippen LogP contribution in [-0.2, 0) is 0 Å². The van der Waals surface area contributed by atoms with Gasteiger partial charge in [0.15, 0.2) is 0 Å². The molecule has 1 N–H and O–H groups in total. The average Bonchev–Trinajstić information content (AvgIpc) is 3.27. The number of aromatic nitrogens is 2. The van der Waals surface area contributed by atoms with Crippen LogP contribution in [-0.4, -0.2) is 71.3 Å². The number of benzene rings is 1. The molecule has 0 bridgehead atoms. The summed E-state index contributed by atoms with van der Waals surface area (Å²) in [7, 11) is 1.53. The van der Waals surface area contributed by atoms with Crippen molar-refractivity contribution in [2.75, 3.05) is 38.1 Å². The van der Waals surface area contributed by atoms with E-state index in [9.17, 15) is 18.4 Å². The monoisotopic (exact) mass is 429 g/mol. The number of nitrogens with zero attached hydrogens (tertiary/aromatic N) is 6. The molecule has 2 aliphatic rings. The fourth-order valence-corrected chi connectivity index (χ4v) is 3.64. The van der Waals surface area contributed by atoms with E-state index in [1.807, 2.05) is 4.90 Å². The molecule has 2 aromatic rings. The number of rotatable bonds is 3. The number of piperazine rings is 1. The molecule has 11 heteroatoms. The van der Waals surface area contributed by atoms with Crippen LogP contribution in [0, 0.1) is 11.6 Å². The molecule has 3 heterocycles. The van der Waals surface area contributed by atoms with Gasteiger partial charge >= 0.3 is 6.03 Å². The minimum atomic E-state index is -0.693. The Labute approximate surface area is 177 Å². The topological polar surface area (TPSA) is 94.0 Å². The second-order valence-corrected chi connectivity index (χ2v) is 7.17. The van der Waals surface area contributed by atoms with Crippen molar-refractivity contribution in [3.63, 3.8) is 0 Å². The molecule has 1 aromatic heterocycles. The van der Waals surface area contributed by atoms with Crippen molar-refractivity contribution in [3.8, 4) is 0 Å². The van der Waals surface area contributed by atoms with Gasteiger partial charge in [-0.1, -0.05) is 0 Å². The quantitative estimate of drug-likeness (QED) is 0.803. The fraction of sp³-hybridized carbons (Fsp3) is 0.350. The summed E-state index contributed by atoms with van der Waals surface area (Å²) in [5, 5.41) is 7.93. The largest absolute Gasteiger partial charge is 0.354 e. The van der Waals surface area contributed by atoms with Crippen LogP contribution >= 0.6 is 0 Å². The molecule has 0 unspecified atom stereocenters. The van der Waals surface area contributed by atoms with Gasteiger partial charge in [0.2, 0.25) is 5.95 Å². The number of carbonyl (C=O) groups excluding carboxylic acids is 2. The molecular weight excluding hydrogens is 408 g/mol. The van der Waals surface area contributed by atoms with E-state index >= 15 is 0 Å². The molecule has 31 heavy (non-hydrogen) atoms. The van der Waals surface area contributed by atoms with Crippen LogP contribution < -0.4 is 10.2 Å². The summed E-state index contributed by atoms with van der Waals surface area (Å²) in [5.41, 5.74) is 0.629. The van der Waals surface area contributed by atoms with Crippen molar-refractivity contribution in [2.24, 2.45) is 5.10 Å². The first-order chi connectivity index (χ1) is 15.0. The third kappa shape index (κ3) is 4.30. The van der Waals surface area contributed by atoms with Crippen LogP contribution in [0.25, 0.3) is 0 Å². The molecule has 0 spiro atoms. The first-order valence-electron chi connectivity index (χ1n) is 9.83. The lowest BCUT2D eigenvalue weighted by Crippen LogP contribution is -2.52. The molecule has 4 rings (SSSR count). The lowest BCUT2D eigenvalue weighted by Gasteiger charge is -2.37. The molecule has 9 nitrogen and oxygen atoms in total. The van der Waals surface area contributed by atoms with Gasteiger partial charge in [0.05, 0.1) is 6.04 Å². The molecule has 1 aromatic carbocycles. The number of hydrazone groups is 1. The van der Waals surface area contributed by atoms with E-state index in [0.29, 0.717) is 44.1 Å². The molecule has 162 valence electrons. The Hall–Kier alpha value is -3.63. The van der Waals surface area contributed by atoms with Gasteiger partial charge in [-0.3, -0.25) is 4.79 Å². The molecule has 0 aliphatic carbocycles. The van der Waals surface area contributed by atoms with E-state index < -0.39 is 17.7 Å². The third-order valence-corrected chi connectivity index (χ3v) is 5.23. The molecule has 3 amide bonds. The van der Waals surface area contributed by atoms with E-state index in [4.69, 9.17) is 0 Å². The van der Waals surface area contributed by atoms with Gasteiger partial charge < -0.3 is 15.1 Å². The number of anilines is 1. The van der Waals surface area contributed by atoms with Gasteiger partial charge in [-0.15, -0.1) is 0 Å². The summed E-state index contributed by atoms with van der Waals surface area (Å²) in [5.74, 6) is -1.27. The second-order valence-electron chi connectivity index (χ2n) is 7.17. The standard InChI is InChI=1S/C20H21F2N7O2/c1-23-18(30)16-2-4-24-19(26-16)27-6-8-28(9-7-27)20(31)29-17(3-5-25-29)13-10-14(21)12-15(22)11-13/h2,4-5,10-12,17H,3,6-9H2,1H3,(H,23,30)/t17-/m0/s1. The second kappa shape index (κ2) is 8.62. The van der Waals surface area contributed by atoms with Crippen molar-refractivity contribution in [1.82, 2.24) is 25.2 Å². The van der Waals surface area contributed by atoms with E-state index in [-0.39, 0.29) is 17.6 Å². The lowest BCUT2D eigenvalue weighted by atomic mass is 10.0. The van der Waals surface area contributed by atoms with Crippen LogP contribution in [0.1, 0.15) is 28.5 Å². The average molecular weight is 429 g/mol. The molecular formula is C20H21F2N7O2. The van der Waals surface area contributed by atoms with E-state index in [0.717, 1.165) is 6.07 Å². The van der Waals surface area contributed by atoms with E-state index in [2.05, 4.69) is 20.4 Å². The van der Waals surface area contributed by atoms with Crippen LogP contribution in [0.3, 0.4) is 0 Å². The van der Waals surface area contributed by atoms with Crippen LogP contribution in [0.2, 0.25) is 0 Å². The molecule has 0 radical (unpaired) electrons. The van der Waals surface area contributed by atoms with Crippen molar-refractivity contribution < 1.29 is 18.4 Å². The van der Waals surface area contributed by atoms with Crippen LogP contribution in [0.5, 0.6) is 0 Å². The van der Waals surface area contributed by atoms with Gasteiger partial charge in [-0.25, -0.2) is 28.6 Å². The third-order valence-electron chi connectivity index (χ3n) is 5.23. The summed E-state index contributed by atoms with van der Waals surface area (Å²) in [6.07, 6.45) is 3.47. The first kappa shape index (κ1) is 20.6. The number of urea groups is 1. The fourth-order valence-electron chi connectivity index (χ4n) is 3.64. The number of hydrogen-bond donors (Lipinski definition) is 1. The van der Waals surface area contributed by atoms with Crippen molar-refractivity contribution >= 4 is 24.1 Å². The summed E-state index contributed by atoms with van der Waals surface area (Å²) < 4.78 is 27.3. The zero-order valence-electron chi connectivity index (χ0n) is 16.8. The van der Waals surface area contributed by atoms with Gasteiger partial charge in [0, 0.05) is 58.1 Å². The van der Waals surface area contributed by atoms with Crippen molar-refractivity contribution in [2.45, 2.75) is 12.5 Å². The lowest BCUT2D eigenvalue weighted by molar-refractivity contribution is 0.0958. The molecule has 1 fully saturated rings. The molecule has 1 saturated heterocycles. The summed E-state index contributed by atoms with van der Waals surface area (Å²) >= 11 is 0. The maximum Gasteiger partial charge on any atom is 0.341 e. The zero-order chi connectivity index (χ0) is 22.0. The summed E-state index contributed by atoms with van der Waals surface area (Å²) in [6.45, 7) is 1.73. The van der Waals surface area contributed by atoms with E-state index in [1.54, 1.807) is 11.1 Å². The van der Waals surface area contributed by atoms with Gasteiger partial charge in [-0.05, 0) is 23.8 Å². The molecule has 1 atom stereocenters. The van der Waals surface area contributed by atoms with Crippen LogP contribution in [0.4, 0.5) is 19.5 Å². The van der Waals surface area contributed by atoms with Crippen molar-refractivity contribution in [1.29, 1.82) is 0 Å². The highest BCUT2D eigenvalue weighted by molar-refractivity contribution is 5.92. The predicted molar refractivity (Wildman–Crippen MR) is 109 cm³/mol. The Morgan fingerprint density at radius 2 is 1.81 bits per heavy atom. The van der Waals surface area contributed by atoms with E-state index in [1.165, 1.54) is 36.5 Å². The highest BCUT2D eigenvalue weighted by Crippen LogP contribution is 2.30. The summed E-state index contributed by atoms with van der Waals surface area (Å²) in [4.78, 5) is 36.8. The Morgan fingerprint density at radius 3 is 2.48 bits per heavy atom. The maximum absolute atomic E-state index is 13.6. The number of amides is 3. The number of nitrogens with one attached hydrogen (secondary N) is 1. The predicted octanol–water partition coefficient (Wildman–Crippen LogP) is 1.79. The normalized spacial score (nSPS) is 18.4. The SMILES string of the molecule is CNC(=O)c1ccnc(N2CCN(C(=O)N3N=CC[C@H]3c3cc(F)cc(F)c3)CC2)n1. The minimum Gasteiger partial charge on any atom is -0.354 e. The number of carbonyl (C=O) groups is 2. The van der Waals surface area contributed by atoms with Gasteiger partial charge in [-0.2, -0.15) is 5.10 Å². The van der Waals surface area contributed by atoms with Gasteiger partial charge in [0.25, 0.3) is 5.91 Å². The van der Waals surface area contributed by atoms with Crippen LogP contribution in [0.15, 0.2) is 35.6 Å². The number of halogens is 2. The zero-order valence-corrected chi connectivity index (χ0v) is 16.8. The maximum atomic E-state index is 13.6. The molecule has 0 saturated carbocycles. The number of hydrogen-bond acceptors (Lipinski definition) is 6. The Morgan fingerprint density at radius 1 is 1.10 bits per heavy atom. The highest BCUT2D eigenvalue weighted by atomic mass is 19.1. The minimum absolute atomic E-state index is 0.266.